The van der Waals surface area contributed by atoms with E-state index in [1.165, 1.54) is 18.7 Å². The Morgan fingerprint density at radius 3 is 2.30 bits per heavy atom. The topological polar surface area (TPSA) is 94.4 Å². The number of benzene rings is 1. The van der Waals surface area contributed by atoms with E-state index in [1.807, 2.05) is 0 Å². The van der Waals surface area contributed by atoms with Crippen molar-refractivity contribution in [2.45, 2.75) is 6.04 Å². The summed E-state index contributed by atoms with van der Waals surface area (Å²) in [6, 6.07) is 5.91. The molecule has 23 heavy (non-hydrogen) atoms. The highest BCUT2D eigenvalue weighted by Crippen LogP contribution is 2.28. The highest BCUT2D eigenvalue weighted by atomic mass is 16.5. The second-order valence-corrected chi connectivity index (χ2v) is 5.27. The minimum Gasteiger partial charge on any atom is -0.497 e. The fraction of sp³-hybridized carbons (Fsp3) is 0.267. The van der Waals surface area contributed by atoms with Crippen molar-refractivity contribution >= 4 is 11.8 Å². The van der Waals surface area contributed by atoms with Crippen LogP contribution in [0.1, 0.15) is 17.2 Å². The summed E-state index contributed by atoms with van der Waals surface area (Å²) in [5.41, 5.74) is 0.0952. The first-order chi connectivity index (χ1) is 10.9. The van der Waals surface area contributed by atoms with E-state index < -0.39 is 23.3 Å². The summed E-state index contributed by atoms with van der Waals surface area (Å²) in [6.45, 7) is 0. The van der Waals surface area contributed by atoms with E-state index in [1.54, 1.807) is 31.4 Å². The second kappa shape index (κ2) is 5.31. The van der Waals surface area contributed by atoms with Crippen LogP contribution in [0.25, 0.3) is 0 Å². The largest absolute Gasteiger partial charge is 0.497 e. The van der Waals surface area contributed by atoms with E-state index in [0.717, 1.165) is 10.1 Å². The molecule has 120 valence electrons. The maximum atomic E-state index is 12.5. The minimum atomic E-state index is -0.643. The van der Waals surface area contributed by atoms with Crippen LogP contribution in [0.5, 0.6) is 5.75 Å². The lowest BCUT2D eigenvalue weighted by Gasteiger charge is -2.28. The van der Waals surface area contributed by atoms with Crippen LogP contribution in [0, 0.1) is 0 Å². The predicted octanol–water partition coefficient (Wildman–Crippen LogP) is 0.317. The smallest absolute Gasteiger partial charge is 0.332 e. The van der Waals surface area contributed by atoms with Crippen molar-refractivity contribution in [2.75, 3.05) is 12.4 Å². The van der Waals surface area contributed by atoms with E-state index in [9.17, 15) is 14.4 Å². The molecule has 0 saturated heterocycles. The van der Waals surface area contributed by atoms with Gasteiger partial charge in [-0.15, -0.1) is 0 Å². The molecule has 8 nitrogen and oxygen atoms in total. The van der Waals surface area contributed by atoms with Crippen LogP contribution < -0.4 is 26.6 Å². The number of nitrogens with zero attached hydrogens (tertiary/aromatic N) is 2. The van der Waals surface area contributed by atoms with E-state index in [0.29, 0.717) is 11.3 Å². The third kappa shape index (κ3) is 2.28. The molecule has 0 fully saturated rings. The van der Waals surface area contributed by atoms with Gasteiger partial charge >= 0.3 is 11.7 Å². The van der Waals surface area contributed by atoms with Crippen LogP contribution in [0.2, 0.25) is 0 Å². The number of ether oxygens (including phenoxy) is 1. The van der Waals surface area contributed by atoms with Crippen LogP contribution in [0.15, 0.2) is 33.9 Å². The highest BCUT2D eigenvalue weighted by molar-refractivity contribution is 5.92. The number of fused-ring (bicyclic) bond motifs is 1. The zero-order valence-corrected chi connectivity index (χ0v) is 12.9. The van der Waals surface area contributed by atoms with Gasteiger partial charge in [-0.1, -0.05) is 12.1 Å². The van der Waals surface area contributed by atoms with E-state index in [2.05, 4.69) is 10.6 Å². The van der Waals surface area contributed by atoms with Crippen LogP contribution in [0.3, 0.4) is 0 Å². The standard InChI is InChI=1S/C15H16N4O4/c1-18-12-10(13(20)19(2)15(18)22)11(16-14(21)17-12)8-4-6-9(23-3)7-5-8/h4-7,11H,1-3H3,(H2,16,17,21)/t11-/m1/s1. The van der Waals surface area contributed by atoms with Crippen LogP contribution >= 0.6 is 0 Å². The molecule has 3 rings (SSSR count). The van der Waals surface area contributed by atoms with Crippen molar-refractivity contribution in [3.8, 4) is 5.75 Å². The molecule has 0 radical (unpaired) electrons. The Kier molecular flexibility index (Phi) is 3.44. The number of carbonyl (C=O) groups excluding carboxylic acids is 1. The number of nitrogens with one attached hydrogen (secondary N) is 2. The number of urea groups is 1. The Labute approximate surface area is 131 Å². The Morgan fingerprint density at radius 2 is 1.70 bits per heavy atom. The summed E-state index contributed by atoms with van der Waals surface area (Å²) < 4.78 is 7.39. The molecule has 1 aliphatic rings. The van der Waals surface area contributed by atoms with Gasteiger partial charge < -0.3 is 10.1 Å². The third-order valence-electron chi connectivity index (χ3n) is 3.94. The lowest BCUT2D eigenvalue weighted by Crippen LogP contribution is -2.49. The monoisotopic (exact) mass is 316 g/mol. The Morgan fingerprint density at radius 1 is 1.04 bits per heavy atom. The molecule has 8 heteroatoms. The van der Waals surface area contributed by atoms with Gasteiger partial charge in [-0.2, -0.15) is 0 Å². The van der Waals surface area contributed by atoms with Gasteiger partial charge in [0.25, 0.3) is 5.56 Å². The summed E-state index contributed by atoms with van der Waals surface area (Å²) in [5.74, 6) is 0.880. The number of hydrogen-bond donors (Lipinski definition) is 2. The summed E-state index contributed by atoms with van der Waals surface area (Å²) in [4.78, 5) is 36.5. The highest BCUT2D eigenvalue weighted by Gasteiger charge is 2.31. The van der Waals surface area contributed by atoms with Gasteiger partial charge in [-0.3, -0.25) is 19.2 Å². The molecule has 0 unspecified atom stereocenters. The predicted molar refractivity (Wildman–Crippen MR) is 83.9 cm³/mol. The molecule has 0 saturated carbocycles. The lowest BCUT2D eigenvalue weighted by atomic mass is 9.98. The quantitative estimate of drug-likeness (QED) is 0.834. The SMILES string of the molecule is COc1ccc([C@H]2NC(=O)Nc3c2c(=O)n(C)c(=O)n3C)cc1. The van der Waals surface area contributed by atoms with Crippen molar-refractivity contribution in [1.29, 1.82) is 0 Å². The van der Waals surface area contributed by atoms with Gasteiger partial charge in [-0.05, 0) is 17.7 Å². The molecule has 1 aromatic heterocycles. The minimum absolute atomic E-state index is 0.211. The van der Waals surface area contributed by atoms with Gasteiger partial charge in [0.2, 0.25) is 0 Å². The maximum Gasteiger partial charge on any atom is 0.332 e. The first-order valence-electron chi connectivity index (χ1n) is 6.95. The number of hydrogen-bond acceptors (Lipinski definition) is 4. The van der Waals surface area contributed by atoms with Crippen LogP contribution in [0.4, 0.5) is 10.6 Å². The number of rotatable bonds is 2. The number of anilines is 1. The molecule has 1 aromatic carbocycles. The van der Waals surface area contributed by atoms with Crippen molar-refractivity contribution < 1.29 is 9.53 Å². The molecule has 2 amide bonds. The van der Waals surface area contributed by atoms with Gasteiger partial charge in [0.1, 0.15) is 11.6 Å². The number of amides is 2. The van der Waals surface area contributed by atoms with Crippen molar-refractivity contribution in [1.82, 2.24) is 14.5 Å². The molecule has 0 bridgehead atoms. The Bertz CT molecular complexity index is 895. The van der Waals surface area contributed by atoms with Crippen LogP contribution in [-0.4, -0.2) is 22.3 Å². The van der Waals surface area contributed by atoms with Gasteiger partial charge in [0.05, 0.1) is 18.7 Å². The zero-order valence-electron chi connectivity index (χ0n) is 12.9. The van der Waals surface area contributed by atoms with Crippen molar-refractivity contribution in [3.63, 3.8) is 0 Å². The van der Waals surface area contributed by atoms with E-state index in [-0.39, 0.29) is 5.82 Å². The number of carbonyl (C=O) groups is 1. The third-order valence-corrected chi connectivity index (χ3v) is 3.94. The Hall–Kier alpha value is -3.03. The molecular weight excluding hydrogens is 300 g/mol. The fourth-order valence-electron chi connectivity index (χ4n) is 2.67. The molecule has 2 N–H and O–H groups in total. The Balaban J connectivity index is 2.24. The van der Waals surface area contributed by atoms with Crippen molar-refractivity contribution in [3.05, 3.63) is 56.2 Å². The van der Waals surface area contributed by atoms with Gasteiger partial charge in [0.15, 0.2) is 0 Å². The number of methoxy groups -OCH3 is 1. The van der Waals surface area contributed by atoms with E-state index in [4.69, 9.17) is 4.74 Å². The first-order valence-corrected chi connectivity index (χ1v) is 6.95. The average Bonchev–Trinajstić information content (AvgIpc) is 2.57. The van der Waals surface area contributed by atoms with Crippen LogP contribution in [-0.2, 0) is 14.1 Å². The molecule has 2 aromatic rings. The molecule has 2 heterocycles. The summed E-state index contributed by atoms with van der Waals surface area (Å²) in [5, 5.41) is 5.26. The van der Waals surface area contributed by atoms with Crippen molar-refractivity contribution in [2.24, 2.45) is 14.1 Å². The molecule has 1 aliphatic heterocycles. The second-order valence-electron chi connectivity index (χ2n) is 5.27. The molecule has 1 atom stereocenters. The summed E-state index contributed by atoms with van der Waals surface area (Å²) >= 11 is 0. The van der Waals surface area contributed by atoms with E-state index >= 15 is 0 Å². The molecular formula is C15H16N4O4. The average molecular weight is 316 g/mol. The zero-order chi connectivity index (χ0) is 16.7. The maximum absolute atomic E-state index is 12.5. The normalized spacial score (nSPS) is 16.3. The molecule has 0 spiro atoms. The summed E-state index contributed by atoms with van der Waals surface area (Å²) in [7, 11) is 4.48. The molecule has 0 aliphatic carbocycles. The number of aromatic nitrogens is 2. The fourth-order valence-corrected chi connectivity index (χ4v) is 2.67. The first kappa shape index (κ1) is 14.9. The lowest BCUT2D eigenvalue weighted by molar-refractivity contribution is 0.248. The summed E-state index contributed by atoms with van der Waals surface area (Å²) in [6.07, 6.45) is 0. The van der Waals surface area contributed by atoms with Gasteiger partial charge in [-0.25, -0.2) is 9.59 Å². The van der Waals surface area contributed by atoms with Gasteiger partial charge in [0, 0.05) is 14.1 Å².